The molecule has 11 heteroatoms. The maximum atomic E-state index is 11.4. The van der Waals surface area contributed by atoms with Crippen molar-refractivity contribution in [2.24, 2.45) is 0 Å². The Morgan fingerprint density at radius 3 is 2.86 bits per heavy atom. The van der Waals surface area contributed by atoms with Crippen molar-refractivity contribution in [3.05, 3.63) is 34.8 Å². The second-order valence-electron chi connectivity index (χ2n) is 3.91. The highest BCUT2D eigenvalue weighted by Gasteiger charge is 2.10. The van der Waals surface area contributed by atoms with Crippen LogP contribution in [0, 0.1) is 6.92 Å². The lowest BCUT2D eigenvalue weighted by atomic mass is 10.5. The third kappa shape index (κ3) is 3.02. The quantitative estimate of drug-likeness (QED) is 0.617. The van der Waals surface area contributed by atoms with Gasteiger partial charge in [-0.3, -0.25) is 4.79 Å². The van der Waals surface area contributed by atoms with Crippen molar-refractivity contribution in [2.45, 2.75) is 17.2 Å². The van der Waals surface area contributed by atoms with Crippen LogP contribution in [0.5, 0.6) is 0 Å². The summed E-state index contributed by atoms with van der Waals surface area (Å²) in [5.41, 5.74) is 6.00. The van der Waals surface area contributed by atoms with Gasteiger partial charge in [0.25, 0.3) is 11.5 Å². The fraction of sp³-hybridized carbons (Fsp3) is 0.100. The van der Waals surface area contributed by atoms with Gasteiger partial charge in [-0.2, -0.15) is 24.7 Å². The van der Waals surface area contributed by atoms with E-state index in [-0.39, 0.29) is 17.5 Å². The number of rotatable bonds is 3. The van der Waals surface area contributed by atoms with Crippen molar-refractivity contribution in [3.63, 3.8) is 0 Å². The summed E-state index contributed by atoms with van der Waals surface area (Å²) in [6.45, 7) is 1.72. The Hall–Kier alpha value is -2.82. The largest absolute Gasteiger partial charge is 0.368 e. The average molecular weight is 303 g/mol. The van der Waals surface area contributed by atoms with Gasteiger partial charge in [0.1, 0.15) is 12.7 Å². The summed E-state index contributed by atoms with van der Waals surface area (Å²) in [6.07, 6.45) is 2.79. The lowest BCUT2D eigenvalue weighted by molar-refractivity contribution is 0.761. The van der Waals surface area contributed by atoms with Crippen LogP contribution in [-0.4, -0.2) is 39.7 Å². The molecular formula is C10H9N9OS. The lowest BCUT2D eigenvalue weighted by Crippen LogP contribution is -2.10. The summed E-state index contributed by atoms with van der Waals surface area (Å²) >= 11 is 1.07. The fourth-order valence-corrected chi connectivity index (χ4v) is 2.29. The standard InChI is InChI=1S/C10H9N9OS/c1-5-2-6(20)15-9(14-5)21-10-17-7(11)16-8(18-10)19-4-12-3-13-19/h2-4H,1H3,(H,14,15,20)(H2,11,16,17,18). The van der Waals surface area contributed by atoms with E-state index in [9.17, 15) is 4.79 Å². The van der Waals surface area contributed by atoms with Gasteiger partial charge >= 0.3 is 0 Å². The van der Waals surface area contributed by atoms with Crippen LogP contribution < -0.4 is 11.3 Å². The van der Waals surface area contributed by atoms with Crippen molar-refractivity contribution < 1.29 is 0 Å². The number of hydrogen-bond acceptors (Lipinski definition) is 9. The Bertz CT molecular complexity index is 829. The van der Waals surface area contributed by atoms with Gasteiger partial charge in [0.05, 0.1) is 0 Å². The molecule has 0 radical (unpaired) electrons. The highest BCUT2D eigenvalue weighted by molar-refractivity contribution is 7.99. The summed E-state index contributed by atoms with van der Waals surface area (Å²) in [6, 6.07) is 1.40. The molecular weight excluding hydrogens is 294 g/mol. The van der Waals surface area contributed by atoms with Gasteiger partial charge in [0, 0.05) is 11.8 Å². The molecule has 3 N–H and O–H groups in total. The number of hydrogen-bond donors (Lipinski definition) is 2. The second kappa shape index (κ2) is 5.28. The number of nitrogen functional groups attached to an aromatic ring is 1. The minimum Gasteiger partial charge on any atom is -0.368 e. The first-order valence-corrected chi connectivity index (χ1v) is 6.54. The van der Waals surface area contributed by atoms with Crippen LogP contribution in [0.15, 0.2) is 33.8 Å². The molecule has 0 aliphatic heterocycles. The van der Waals surface area contributed by atoms with Crippen molar-refractivity contribution in [1.82, 2.24) is 39.7 Å². The Morgan fingerprint density at radius 2 is 2.14 bits per heavy atom. The Labute approximate surface area is 121 Å². The molecule has 0 atom stereocenters. The summed E-state index contributed by atoms with van der Waals surface area (Å²) in [5, 5.41) is 4.58. The lowest BCUT2D eigenvalue weighted by Gasteiger charge is -2.03. The first-order valence-electron chi connectivity index (χ1n) is 5.72. The van der Waals surface area contributed by atoms with Gasteiger partial charge in [-0.25, -0.2) is 9.97 Å². The molecule has 3 rings (SSSR count). The second-order valence-corrected chi connectivity index (χ2v) is 4.87. The van der Waals surface area contributed by atoms with Crippen LogP contribution in [0.4, 0.5) is 5.95 Å². The molecule has 0 amide bonds. The molecule has 3 aromatic heterocycles. The highest BCUT2D eigenvalue weighted by atomic mass is 32.2. The molecule has 0 unspecified atom stereocenters. The Morgan fingerprint density at radius 1 is 1.29 bits per heavy atom. The zero-order valence-electron chi connectivity index (χ0n) is 10.8. The number of aromatic amines is 1. The zero-order chi connectivity index (χ0) is 14.8. The molecule has 0 spiro atoms. The van der Waals surface area contributed by atoms with E-state index in [1.165, 1.54) is 23.4 Å². The maximum absolute atomic E-state index is 11.4. The Balaban J connectivity index is 1.97. The van der Waals surface area contributed by atoms with E-state index in [0.29, 0.717) is 16.0 Å². The first kappa shape index (κ1) is 13.2. The molecule has 0 fully saturated rings. The molecule has 106 valence electrons. The molecule has 0 saturated carbocycles. The smallest absolute Gasteiger partial charge is 0.257 e. The third-order valence-electron chi connectivity index (χ3n) is 2.28. The summed E-state index contributed by atoms with van der Waals surface area (Å²) < 4.78 is 1.36. The molecule has 0 aliphatic carbocycles. The van der Waals surface area contributed by atoms with Crippen LogP contribution in [0.2, 0.25) is 0 Å². The summed E-state index contributed by atoms with van der Waals surface area (Å²) in [4.78, 5) is 34.1. The van der Waals surface area contributed by atoms with Crippen LogP contribution in [0.1, 0.15) is 5.69 Å². The normalized spacial score (nSPS) is 10.7. The van der Waals surface area contributed by atoms with Crippen molar-refractivity contribution >= 4 is 17.7 Å². The van der Waals surface area contributed by atoms with Crippen LogP contribution in [-0.2, 0) is 0 Å². The van der Waals surface area contributed by atoms with Crippen molar-refractivity contribution in [1.29, 1.82) is 0 Å². The summed E-state index contributed by atoms with van der Waals surface area (Å²) in [7, 11) is 0. The number of anilines is 1. The number of H-pyrrole nitrogens is 1. The van der Waals surface area contributed by atoms with Crippen LogP contribution in [0.25, 0.3) is 5.95 Å². The molecule has 3 heterocycles. The number of nitrogens with one attached hydrogen (secondary N) is 1. The number of nitrogens with two attached hydrogens (primary N) is 1. The van der Waals surface area contributed by atoms with Gasteiger partial charge in [-0.1, -0.05) is 0 Å². The monoisotopic (exact) mass is 303 g/mol. The van der Waals surface area contributed by atoms with Crippen molar-refractivity contribution in [2.75, 3.05) is 5.73 Å². The minimum absolute atomic E-state index is 0.0352. The van der Waals surface area contributed by atoms with E-state index < -0.39 is 0 Å². The molecule has 0 bridgehead atoms. The molecule has 21 heavy (non-hydrogen) atoms. The van der Waals surface area contributed by atoms with E-state index in [0.717, 1.165) is 11.8 Å². The van der Waals surface area contributed by atoms with Gasteiger partial charge in [0.15, 0.2) is 5.16 Å². The molecule has 0 aromatic carbocycles. The SMILES string of the molecule is Cc1cc(=O)[nH]c(Sc2nc(N)nc(-n3cncn3)n2)n1. The number of aryl methyl sites for hydroxylation is 1. The molecule has 0 saturated heterocycles. The Kier molecular flexibility index (Phi) is 3.31. The number of nitrogens with zero attached hydrogens (tertiary/aromatic N) is 7. The molecule has 0 aliphatic rings. The zero-order valence-corrected chi connectivity index (χ0v) is 11.6. The molecule has 3 aromatic rings. The topological polar surface area (TPSA) is 141 Å². The van der Waals surface area contributed by atoms with Crippen LogP contribution >= 0.6 is 11.8 Å². The molecule has 10 nitrogen and oxygen atoms in total. The van der Waals surface area contributed by atoms with Gasteiger partial charge in [-0.05, 0) is 18.7 Å². The van der Waals surface area contributed by atoms with Gasteiger partial charge in [0.2, 0.25) is 11.1 Å². The third-order valence-corrected chi connectivity index (χ3v) is 3.03. The predicted octanol–water partition coefficient (Wildman–Crippen LogP) is -0.423. The number of aromatic nitrogens is 8. The van der Waals surface area contributed by atoms with E-state index in [1.54, 1.807) is 6.92 Å². The minimum atomic E-state index is -0.247. The van der Waals surface area contributed by atoms with Gasteiger partial charge in [-0.15, -0.1) is 0 Å². The van der Waals surface area contributed by atoms with E-state index in [4.69, 9.17) is 5.73 Å². The fourth-order valence-electron chi connectivity index (χ4n) is 1.51. The summed E-state index contributed by atoms with van der Waals surface area (Å²) in [5.74, 6) is 0.269. The average Bonchev–Trinajstić information content (AvgIpc) is 2.90. The first-order chi connectivity index (χ1) is 10.1. The van der Waals surface area contributed by atoms with E-state index in [2.05, 4.69) is 35.0 Å². The maximum Gasteiger partial charge on any atom is 0.257 e. The highest BCUT2D eigenvalue weighted by Crippen LogP contribution is 2.20. The van der Waals surface area contributed by atoms with Gasteiger partial charge < -0.3 is 10.7 Å². The van der Waals surface area contributed by atoms with E-state index in [1.807, 2.05) is 0 Å². The predicted molar refractivity (Wildman–Crippen MR) is 72.9 cm³/mol. The van der Waals surface area contributed by atoms with Crippen LogP contribution in [0.3, 0.4) is 0 Å². The van der Waals surface area contributed by atoms with E-state index >= 15 is 0 Å². The van der Waals surface area contributed by atoms with Crippen molar-refractivity contribution in [3.8, 4) is 5.95 Å².